The minimum absolute atomic E-state index is 0.121. The Kier molecular flexibility index (Phi) is 5.22. The van der Waals surface area contributed by atoms with Crippen molar-refractivity contribution in [3.8, 4) is 11.4 Å². The van der Waals surface area contributed by atoms with Crippen LogP contribution >= 0.6 is 11.8 Å². The third-order valence-corrected chi connectivity index (χ3v) is 4.87. The fourth-order valence-corrected chi connectivity index (χ4v) is 3.13. The van der Waals surface area contributed by atoms with Gasteiger partial charge in [-0.25, -0.2) is 0 Å². The number of aryl methyl sites for hydroxylation is 2. The summed E-state index contributed by atoms with van der Waals surface area (Å²) in [6, 6.07) is 12.5. The fraction of sp³-hybridized carbons (Fsp3) is 0.222. The number of anilines is 1. The fourth-order valence-electron chi connectivity index (χ4n) is 2.32. The zero-order valence-corrected chi connectivity index (χ0v) is 15.5. The number of hydrogen-bond donors (Lipinski definition) is 2. The Labute approximate surface area is 155 Å². The summed E-state index contributed by atoms with van der Waals surface area (Å²) in [5, 5.41) is 24.1. The first kappa shape index (κ1) is 17.9. The molecule has 0 bridgehead atoms. The molecule has 0 fully saturated rings. The predicted octanol–water partition coefficient (Wildman–Crippen LogP) is 3.10. The molecule has 0 aliphatic carbocycles. The Balaban J connectivity index is 1.73. The van der Waals surface area contributed by atoms with Crippen molar-refractivity contribution in [3.05, 3.63) is 53.6 Å². The van der Waals surface area contributed by atoms with Crippen LogP contribution in [0.15, 0.2) is 47.6 Å². The van der Waals surface area contributed by atoms with Crippen LogP contribution in [0.5, 0.6) is 5.75 Å². The SMILES string of the molecule is Cc1ccc(C)c(NC(=O)C(C)Sc2nnnn2-c2ccc(O)cc2)c1. The summed E-state index contributed by atoms with van der Waals surface area (Å²) < 4.78 is 1.53. The number of carbonyl (C=O) groups is 1. The summed E-state index contributed by atoms with van der Waals surface area (Å²) in [6.45, 7) is 5.75. The van der Waals surface area contributed by atoms with E-state index < -0.39 is 5.25 Å². The molecular weight excluding hydrogens is 350 g/mol. The van der Waals surface area contributed by atoms with Gasteiger partial charge in [-0.1, -0.05) is 23.9 Å². The third kappa shape index (κ3) is 4.02. The summed E-state index contributed by atoms with van der Waals surface area (Å²) in [5.41, 5.74) is 3.61. The van der Waals surface area contributed by atoms with E-state index in [-0.39, 0.29) is 11.7 Å². The molecule has 26 heavy (non-hydrogen) atoms. The molecule has 134 valence electrons. The molecule has 3 aromatic rings. The number of carbonyl (C=O) groups excluding carboxylic acids is 1. The first-order valence-corrected chi connectivity index (χ1v) is 8.94. The second-order valence-electron chi connectivity index (χ2n) is 5.96. The zero-order valence-electron chi connectivity index (χ0n) is 14.7. The van der Waals surface area contributed by atoms with E-state index in [9.17, 15) is 9.90 Å². The van der Waals surface area contributed by atoms with Gasteiger partial charge >= 0.3 is 0 Å². The number of phenols is 1. The highest BCUT2D eigenvalue weighted by Gasteiger charge is 2.20. The van der Waals surface area contributed by atoms with Crippen molar-refractivity contribution >= 4 is 23.4 Å². The number of aromatic hydroxyl groups is 1. The van der Waals surface area contributed by atoms with E-state index in [1.54, 1.807) is 31.2 Å². The first-order valence-electron chi connectivity index (χ1n) is 8.06. The average Bonchev–Trinajstić information content (AvgIpc) is 3.07. The Bertz CT molecular complexity index is 924. The largest absolute Gasteiger partial charge is 0.508 e. The van der Waals surface area contributed by atoms with Crippen LogP contribution in [0, 0.1) is 13.8 Å². The lowest BCUT2D eigenvalue weighted by molar-refractivity contribution is -0.115. The van der Waals surface area contributed by atoms with Crippen LogP contribution in [-0.4, -0.2) is 36.5 Å². The van der Waals surface area contributed by atoms with Gasteiger partial charge in [0.25, 0.3) is 0 Å². The van der Waals surface area contributed by atoms with E-state index in [2.05, 4.69) is 20.8 Å². The maximum absolute atomic E-state index is 12.6. The number of amides is 1. The molecule has 1 amide bonds. The van der Waals surface area contributed by atoms with E-state index in [4.69, 9.17) is 0 Å². The van der Waals surface area contributed by atoms with E-state index in [1.807, 2.05) is 32.0 Å². The molecule has 0 saturated carbocycles. The second-order valence-corrected chi connectivity index (χ2v) is 7.27. The topological polar surface area (TPSA) is 92.9 Å². The van der Waals surface area contributed by atoms with Crippen LogP contribution in [0.25, 0.3) is 5.69 Å². The Hall–Kier alpha value is -2.87. The minimum atomic E-state index is -0.392. The highest BCUT2D eigenvalue weighted by Crippen LogP contribution is 2.25. The minimum Gasteiger partial charge on any atom is -0.508 e. The Morgan fingerprint density at radius 3 is 2.65 bits per heavy atom. The number of tetrazole rings is 1. The monoisotopic (exact) mass is 369 g/mol. The van der Waals surface area contributed by atoms with Gasteiger partial charge in [-0.05, 0) is 72.7 Å². The number of thioether (sulfide) groups is 1. The highest BCUT2D eigenvalue weighted by molar-refractivity contribution is 8.00. The smallest absolute Gasteiger partial charge is 0.237 e. The molecule has 0 spiro atoms. The van der Waals surface area contributed by atoms with Crippen LogP contribution in [0.1, 0.15) is 18.1 Å². The number of benzene rings is 2. The van der Waals surface area contributed by atoms with Gasteiger partial charge in [-0.2, -0.15) is 4.68 Å². The summed E-state index contributed by atoms with van der Waals surface area (Å²) in [5.74, 6) is 0.0428. The molecule has 7 nitrogen and oxygen atoms in total. The highest BCUT2D eigenvalue weighted by atomic mass is 32.2. The molecule has 3 rings (SSSR count). The molecule has 1 aromatic heterocycles. The quantitative estimate of drug-likeness (QED) is 0.671. The molecule has 0 aliphatic rings. The normalized spacial score (nSPS) is 12.0. The van der Waals surface area contributed by atoms with E-state index in [1.165, 1.54) is 16.4 Å². The lowest BCUT2D eigenvalue weighted by Gasteiger charge is -2.13. The standard InChI is InChI=1S/C18H19N5O2S/c1-11-4-5-12(2)16(10-11)19-17(25)13(3)26-18-20-21-22-23(18)14-6-8-15(24)9-7-14/h4-10,13,24H,1-3H3,(H,19,25). The third-order valence-electron chi connectivity index (χ3n) is 3.84. The molecule has 0 radical (unpaired) electrons. The Morgan fingerprint density at radius 2 is 1.92 bits per heavy atom. The van der Waals surface area contributed by atoms with Gasteiger partial charge in [0.15, 0.2) is 0 Å². The van der Waals surface area contributed by atoms with Gasteiger partial charge in [-0.15, -0.1) is 5.10 Å². The predicted molar refractivity (Wildman–Crippen MR) is 101 cm³/mol. The zero-order chi connectivity index (χ0) is 18.7. The van der Waals surface area contributed by atoms with Gasteiger partial charge in [0, 0.05) is 5.69 Å². The number of hydrogen-bond acceptors (Lipinski definition) is 6. The van der Waals surface area contributed by atoms with E-state index in [0.29, 0.717) is 10.8 Å². The number of rotatable bonds is 5. The van der Waals surface area contributed by atoms with Gasteiger partial charge in [0.2, 0.25) is 11.1 Å². The molecule has 1 atom stereocenters. The molecule has 1 heterocycles. The molecule has 8 heteroatoms. The molecule has 0 saturated heterocycles. The van der Waals surface area contributed by atoms with Crippen molar-refractivity contribution in [3.63, 3.8) is 0 Å². The van der Waals surface area contributed by atoms with Gasteiger partial charge in [-0.3, -0.25) is 4.79 Å². The summed E-state index contributed by atoms with van der Waals surface area (Å²) in [7, 11) is 0. The first-order chi connectivity index (χ1) is 12.4. The van der Waals surface area contributed by atoms with Gasteiger partial charge in [0.05, 0.1) is 10.9 Å². The maximum atomic E-state index is 12.6. The lowest BCUT2D eigenvalue weighted by Crippen LogP contribution is -2.23. The van der Waals surface area contributed by atoms with Crippen molar-refractivity contribution in [2.24, 2.45) is 0 Å². The number of nitrogens with zero attached hydrogens (tertiary/aromatic N) is 4. The van der Waals surface area contributed by atoms with Crippen molar-refractivity contribution in [1.82, 2.24) is 20.2 Å². The van der Waals surface area contributed by atoms with Crippen LogP contribution < -0.4 is 5.32 Å². The van der Waals surface area contributed by atoms with Crippen molar-refractivity contribution < 1.29 is 9.90 Å². The van der Waals surface area contributed by atoms with E-state index in [0.717, 1.165) is 16.8 Å². The molecule has 1 unspecified atom stereocenters. The summed E-state index contributed by atoms with van der Waals surface area (Å²) in [6.07, 6.45) is 0. The molecular formula is C18H19N5O2S. The summed E-state index contributed by atoms with van der Waals surface area (Å²) >= 11 is 1.27. The average molecular weight is 369 g/mol. The van der Waals surface area contributed by atoms with Gasteiger partial charge in [0.1, 0.15) is 5.75 Å². The maximum Gasteiger partial charge on any atom is 0.237 e. The van der Waals surface area contributed by atoms with Crippen molar-refractivity contribution in [1.29, 1.82) is 0 Å². The molecule has 2 aromatic carbocycles. The molecule has 2 N–H and O–H groups in total. The summed E-state index contributed by atoms with van der Waals surface area (Å²) in [4.78, 5) is 12.6. The van der Waals surface area contributed by atoms with Crippen molar-refractivity contribution in [2.75, 3.05) is 5.32 Å². The second kappa shape index (κ2) is 7.57. The molecule has 0 aliphatic heterocycles. The van der Waals surface area contributed by atoms with Gasteiger partial charge < -0.3 is 10.4 Å². The van der Waals surface area contributed by atoms with Crippen molar-refractivity contribution in [2.45, 2.75) is 31.2 Å². The van der Waals surface area contributed by atoms with Crippen LogP contribution in [0.2, 0.25) is 0 Å². The number of phenolic OH excluding ortho intramolecular Hbond substituents is 1. The number of aromatic nitrogens is 4. The van der Waals surface area contributed by atoms with Crippen LogP contribution in [0.3, 0.4) is 0 Å². The Morgan fingerprint density at radius 1 is 1.19 bits per heavy atom. The van der Waals surface area contributed by atoms with Crippen LogP contribution in [-0.2, 0) is 4.79 Å². The number of nitrogens with one attached hydrogen (secondary N) is 1. The van der Waals surface area contributed by atoms with Crippen LogP contribution in [0.4, 0.5) is 5.69 Å². The lowest BCUT2D eigenvalue weighted by atomic mass is 10.1. The van der Waals surface area contributed by atoms with E-state index >= 15 is 0 Å².